The van der Waals surface area contributed by atoms with Gasteiger partial charge in [0.2, 0.25) is 0 Å². The molecule has 1 aromatic carbocycles. The Morgan fingerprint density at radius 3 is 2.80 bits per heavy atom. The van der Waals surface area contributed by atoms with Gasteiger partial charge in [0, 0.05) is 25.1 Å². The molecule has 0 radical (unpaired) electrons. The maximum atomic E-state index is 9.05. The summed E-state index contributed by atoms with van der Waals surface area (Å²) in [4.78, 5) is 3.11. The summed E-state index contributed by atoms with van der Waals surface area (Å²) in [6.45, 7) is 1.37. The fraction of sp³-hybridized carbons (Fsp3) is 0.562. The summed E-state index contributed by atoms with van der Waals surface area (Å²) >= 11 is 5.14. The highest BCUT2D eigenvalue weighted by molar-refractivity contribution is 7.80. The van der Waals surface area contributed by atoms with Crippen LogP contribution in [0.2, 0.25) is 0 Å². The SMILES string of the molecule is NC(=S)CC(c1ccccc1)N1CCCC1CCCO. The van der Waals surface area contributed by atoms with Crippen molar-refractivity contribution in [2.45, 2.75) is 44.2 Å². The second-order valence-electron chi connectivity index (χ2n) is 5.50. The zero-order chi connectivity index (χ0) is 14.4. The molecule has 1 aliphatic heterocycles. The van der Waals surface area contributed by atoms with Crippen LogP contribution >= 0.6 is 12.2 Å². The van der Waals surface area contributed by atoms with Crippen molar-refractivity contribution in [3.63, 3.8) is 0 Å². The van der Waals surface area contributed by atoms with Gasteiger partial charge < -0.3 is 10.8 Å². The highest BCUT2D eigenvalue weighted by Gasteiger charge is 2.31. The number of thiocarbonyl (C=S) groups is 1. The number of likely N-dealkylation sites (tertiary alicyclic amines) is 1. The minimum atomic E-state index is 0.273. The molecular formula is C16H24N2OS. The summed E-state index contributed by atoms with van der Waals surface area (Å²) < 4.78 is 0. The van der Waals surface area contributed by atoms with E-state index in [9.17, 15) is 0 Å². The van der Waals surface area contributed by atoms with E-state index in [1.165, 1.54) is 18.4 Å². The molecule has 3 N–H and O–H groups in total. The van der Waals surface area contributed by atoms with Crippen molar-refractivity contribution >= 4 is 17.2 Å². The van der Waals surface area contributed by atoms with E-state index in [1.54, 1.807) is 0 Å². The van der Waals surface area contributed by atoms with Crippen LogP contribution in [0.25, 0.3) is 0 Å². The van der Waals surface area contributed by atoms with Crippen LogP contribution in [0.4, 0.5) is 0 Å². The molecule has 0 aliphatic carbocycles. The van der Waals surface area contributed by atoms with Crippen molar-refractivity contribution in [2.24, 2.45) is 5.73 Å². The third-order valence-corrected chi connectivity index (χ3v) is 4.26. The van der Waals surface area contributed by atoms with E-state index in [1.807, 2.05) is 6.07 Å². The Labute approximate surface area is 126 Å². The van der Waals surface area contributed by atoms with Crippen LogP contribution in [0.1, 0.15) is 43.7 Å². The van der Waals surface area contributed by atoms with Crippen LogP contribution in [0.3, 0.4) is 0 Å². The number of hydrogen-bond donors (Lipinski definition) is 2. The molecule has 1 saturated heterocycles. The lowest BCUT2D eigenvalue weighted by molar-refractivity contribution is 0.165. The van der Waals surface area contributed by atoms with E-state index in [2.05, 4.69) is 29.2 Å². The molecule has 0 bridgehead atoms. The zero-order valence-electron chi connectivity index (χ0n) is 11.9. The molecule has 2 rings (SSSR count). The van der Waals surface area contributed by atoms with Gasteiger partial charge in [-0.1, -0.05) is 42.5 Å². The van der Waals surface area contributed by atoms with Crippen molar-refractivity contribution in [3.8, 4) is 0 Å². The maximum Gasteiger partial charge on any atom is 0.0746 e. The second kappa shape index (κ2) is 7.72. The first-order valence-electron chi connectivity index (χ1n) is 7.42. The molecule has 1 aromatic rings. The number of benzene rings is 1. The Morgan fingerprint density at radius 1 is 1.40 bits per heavy atom. The molecule has 4 heteroatoms. The van der Waals surface area contributed by atoms with Gasteiger partial charge in [-0.05, 0) is 37.8 Å². The molecule has 1 heterocycles. The number of nitrogens with zero attached hydrogens (tertiary/aromatic N) is 1. The lowest BCUT2D eigenvalue weighted by atomic mass is 9.99. The Morgan fingerprint density at radius 2 is 2.15 bits per heavy atom. The Balaban J connectivity index is 2.15. The van der Waals surface area contributed by atoms with E-state index in [-0.39, 0.29) is 12.6 Å². The van der Waals surface area contributed by atoms with Gasteiger partial charge in [-0.25, -0.2) is 0 Å². The summed E-state index contributed by atoms with van der Waals surface area (Å²) in [5.41, 5.74) is 7.10. The van der Waals surface area contributed by atoms with Gasteiger partial charge in [-0.2, -0.15) is 0 Å². The van der Waals surface area contributed by atoms with Crippen LogP contribution in [-0.4, -0.2) is 34.2 Å². The normalized spacial score (nSPS) is 20.9. The number of aliphatic hydroxyl groups excluding tert-OH is 1. The molecule has 0 amide bonds. The molecule has 1 aliphatic rings. The van der Waals surface area contributed by atoms with E-state index >= 15 is 0 Å². The quantitative estimate of drug-likeness (QED) is 0.759. The first kappa shape index (κ1) is 15.4. The van der Waals surface area contributed by atoms with Crippen LogP contribution in [0.5, 0.6) is 0 Å². The first-order valence-corrected chi connectivity index (χ1v) is 7.83. The predicted molar refractivity (Wildman–Crippen MR) is 86.6 cm³/mol. The van der Waals surface area contributed by atoms with Crippen LogP contribution in [-0.2, 0) is 0 Å². The Bertz CT molecular complexity index is 424. The van der Waals surface area contributed by atoms with Gasteiger partial charge in [0.15, 0.2) is 0 Å². The highest BCUT2D eigenvalue weighted by Crippen LogP contribution is 2.33. The van der Waals surface area contributed by atoms with Crippen LogP contribution < -0.4 is 5.73 Å². The van der Waals surface area contributed by atoms with Gasteiger partial charge in [0.05, 0.1) is 4.99 Å². The average molecular weight is 292 g/mol. The summed E-state index contributed by atoms with van der Waals surface area (Å²) in [6.07, 6.45) is 5.08. The van der Waals surface area contributed by atoms with Crippen LogP contribution in [0.15, 0.2) is 30.3 Å². The zero-order valence-corrected chi connectivity index (χ0v) is 12.7. The van der Waals surface area contributed by atoms with Crippen molar-refractivity contribution in [1.82, 2.24) is 4.90 Å². The molecule has 0 saturated carbocycles. The standard InChI is InChI=1S/C16H24N2OS/c17-16(20)12-15(13-6-2-1-3-7-13)18-10-4-8-14(18)9-5-11-19/h1-3,6-7,14-15,19H,4-5,8-12H2,(H2,17,20). The largest absolute Gasteiger partial charge is 0.396 e. The second-order valence-corrected chi connectivity index (χ2v) is 6.02. The first-order chi connectivity index (χ1) is 9.72. The summed E-state index contributed by atoms with van der Waals surface area (Å²) in [6, 6.07) is 11.3. The van der Waals surface area contributed by atoms with Gasteiger partial charge >= 0.3 is 0 Å². The third-order valence-electron chi connectivity index (χ3n) is 4.10. The molecule has 2 unspecified atom stereocenters. The summed E-state index contributed by atoms with van der Waals surface area (Å²) in [7, 11) is 0. The van der Waals surface area contributed by atoms with E-state index < -0.39 is 0 Å². The van der Waals surface area contributed by atoms with Crippen molar-refractivity contribution in [1.29, 1.82) is 0 Å². The van der Waals surface area contributed by atoms with Crippen molar-refractivity contribution in [2.75, 3.05) is 13.2 Å². The van der Waals surface area contributed by atoms with Gasteiger partial charge in [0.1, 0.15) is 0 Å². The van der Waals surface area contributed by atoms with Crippen molar-refractivity contribution < 1.29 is 5.11 Å². The maximum absolute atomic E-state index is 9.05. The molecule has 110 valence electrons. The topological polar surface area (TPSA) is 49.5 Å². The Kier molecular flexibility index (Phi) is 5.95. The lowest BCUT2D eigenvalue weighted by Gasteiger charge is -2.33. The molecular weight excluding hydrogens is 268 g/mol. The number of nitrogens with two attached hydrogens (primary N) is 1. The Hall–Kier alpha value is -0.970. The summed E-state index contributed by atoms with van der Waals surface area (Å²) in [5, 5.41) is 9.05. The van der Waals surface area contributed by atoms with Crippen molar-refractivity contribution in [3.05, 3.63) is 35.9 Å². The highest BCUT2D eigenvalue weighted by atomic mass is 32.1. The number of aliphatic hydroxyl groups is 1. The van der Waals surface area contributed by atoms with Gasteiger partial charge in [-0.15, -0.1) is 0 Å². The summed E-state index contributed by atoms with van der Waals surface area (Å²) in [5.74, 6) is 0. The predicted octanol–water partition coefficient (Wildman–Crippen LogP) is 2.64. The molecule has 20 heavy (non-hydrogen) atoms. The fourth-order valence-electron chi connectivity index (χ4n) is 3.20. The van der Waals surface area contributed by atoms with Gasteiger partial charge in [-0.3, -0.25) is 4.90 Å². The van der Waals surface area contributed by atoms with E-state index in [0.717, 1.165) is 25.8 Å². The number of rotatable bonds is 7. The smallest absolute Gasteiger partial charge is 0.0746 e. The fourth-order valence-corrected chi connectivity index (χ4v) is 3.36. The van der Waals surface area contributed by atoms with Gasteiger partial charge in [0.25, 0.3) is 0 Å². The molecule has 0 aromatic heterocycles. The molecule has 3 nitrogen and oxygen atoms in total. The lowest BCUT2D eigenvalue weighted by Crippen LogP contribution is -2.35. The van der Waals surface area contributed by atoms with Crippen LogP contribution in [0, 0.1) is 0 Å². The minimum Gasteiger partial charge on any atom is -0.396 e. The number of hydrogen-bond acceptors (Lipinski definition) is 3. The average Bonchev–Trinajstić information content (AvgIpc) is 2.91. The third kappa shape index (κ3) is 4.01. The van der Waals surface area contributed by atoms with E-state index in [4.69, 9.17) is 23.1 Å². The molecule has 2 atom stereocenters. The minimum absolute atomic E-state index is 0.273. The monoisotopic (exact) mass is 292 g/mol. The van der Waals surface area contributed by atoms with E-state index in [0.29, 0.717) is 11.0 Å². The molecule has 1 fully saturated rings. The molecule has 0 spiro atoms.